The molecule has 1 unspecified atom stereocenters. The Morgan fingerprint density at radius 2 is 1.50 bits per heavy atom. The fourth-order valence-electron chi connectivity index (χ4n) is 2.38. The number of hydrogen-bond acceptors (Lipinski definition) is 3. The summed E-state index contributed by atoms with van der Waals surface area (Å²) in [6.45, 7) is 8.48. The predicted octanol–water partition coefficient (Wildman–Crippen LogP) is 1.43. The monoisotopic (exact) mass is 199 g/mol. The smallest absolute Gasteiger partial charge is 0.309 e. The van der Waals surface area contributed by atoms with E-state index in [1.807, 2.05) is 0 Å². The summed E-state index contributed by atoms with van der Waals surface area (Å²) in [5.74, 6) is 0.652. The molecule has 0 aliphatic carbocycles. The summed E-state index contributed by atoms with van der Waals surface area (Å²) in [6, 6.07) is 0.760. The van der Waals surface area contributed by atoms with Crippen LogP contribution in [0.15, 0.2) is 0 Å². The standard InChI is InChI=1S/C11H21NO2/c1-6-8(3)12-9(4)7(2)10(6)11(13)14-5/h6-10,12H,1-5H3/t6-,7-,8-,9+,10?/m1/s1. The van der Waals surface area contributed by atoms with Crippen molar-refractivity contribution >= 4 is 5.97 Å². The second-order valence-corrected chi connectivity index (χ2v) is 4.51. The maximum absolute atomic E-state index is 11.6. The number of esters is 1. The van der Waals surface area contributed by atoms with Gasteiger partial charge in [-0.25, -0.2) is 0 Å². The first-order valence-electron chi connectivity index (χ1n) is 5.33. The molecule has 3 nitrogen and oxygen atoms in total. The van der Waals surface area contributed by atoms with E-state index < -0.39 is 0 Å². The van der Waals surface area contributed by atoms with Gasteiger partial charge in [0.05, 0.1) is 13.0 Å². The van der Waals surface area contributed by atoms with E-state index in [0.29, 0.717) is 23.9 Å². The van der Waals surface area contributed by atoms with Crippen molar-refractivity contribution in [3.8, 4) is 0 Å². The van der Waals surface area contributed by atoms with Crippen LogP contribution in [0, 0.1) is 17.8 Å². The van der Waals surface area contributed by atoms with Gasteiger partial charge in [-0.1, -0.05) is 13.8 Å². The summed E-state index contributed by atoms with van der Waals surface area (Å²) in [4.78, 5) is 11.6. The van der Waals surface area contributed by atoms with Crippen molar-refractivity contribution in [2.24, 2.45) is 17.8 Å². The van der Waals surface area contributed by atoms with Gasteiger partial charge < -0.3 is 10.1 Å². The Hall–Kier alpha value is -0.570. The van der Waals surface area contributed by atoms with Gasteiger partial charge in [-0.15, -0.1) is 0 Å². The molecular weight excluding hydrogens is 178 g/mol. The Morgan fingerprint density at radius 3 is 1.86 bits per heavy atom. The molecule has 0 saturated carbocycles. The number of rotatable bonds is 1. The Morgan fingerprint density at radius 1 is 1.07 bits per heavy atom. The Kier molecular flexibility index (Phi) is 3.53. The summed E-state index contributed by atoms with van der Waals surface area (Å²) in [7, 11) is 1.47. The molecule has 1 fully saturated rings. The Labute approximate surface area is 86.2 Å². The summed E-state index contributed by atoms with van der Waals surface area (Å²) < 4.78 is 4.86. The van der Waals surface area contributed by atoms with Crippen LogP contribution in [0.4, 0.5) is 0 Å². The molecule has 1 aliphatic rings. The van der Waals surface area contributed by atoms with E-state index in [0.717, 1.165) is 0 Å². The number of piperidine rings is 1. The number of methoxy groups -OCH3 is 1. The zero-order valence-corrected chi connectivity index (χ0v) is 9.70. The molecule has 0 aromatic heterocycles. The number of ether oxygens (including phenoxy) is 1. The molecule has 0 aromatic carbocycles. The Balaban J connectivity index is 2.82. The van der Waals surface area contributed by atoms with Crippen LogP contribution >= 0.6 is 0 Å². The number of nitrogens with one attached hydrogen (secondary N) is 1. The minimum atomic E-state index is -0.0646. The summed E-state index contributed by atoms with van der Waals surface area (Å²) in [5, 5.41) is 3.48. The van der Waals surface area contributed by atoms with Crippen molar-refractivity contribution in [2.75, 3.05) is 7.11 Å². The van der Waals surface area contributed by atoms with E-state index in [-0.39, 0.29) is 11.9 Å². The molecule has 1 aliphatic heterocycles. The highest BCUT2D eigenvalue weighted by atomic mass is 16.5. The lowest BCUT2D eigenvalue weighted by Crippen LogP contribution is -2.55. The summed E-state index contributed by atoms with van der Waals surface area (Å²) in [6.07, 6.45) is 0. The maximum atomic E-state index is 11.6. The lowest BCUT2D eigenvalue weighted by molar-refractivity contribution is -0.151. The first kappa shape index (κ1) is 11.5. The van der Waals surface area contributed by atoms with E-state index >= 15 is 0 Å². The molecule has 0 bridgehead atoms. The molecular formula is C11H21NO2. The molecule has 3 heteroatoms. The SMILES string of the molecule is COC(=O)C1[C@H](C)[C@H](C)N[C@H](C)[C@H]1C. The quantitative estimate of drug-likeness (QED) is 0.649. The van der Waals surface area contributed by atoms with Crippen LogP contribution in [-0.2, 0) is 9.53 Å². The topological polar surface area (TPSA) is 38.3 Å². The zero-order valence-electron chi connectivity index (χ0n) is 9.70. The van der Waals surface area contributed by atoms with Gasteiger partial charge in [-0.2, -0.15) is 0 Å². The molecule has 0 aromatic rings. The molecule has 0 spiro atoms. The second kappa shape index (κ2) is 4.30. The van der Waals surface area contributed by atoms with Gasteiger partial charge in [0.2, 0.25) is 0 Å². The highest BCUT2D eigenvalue weighted by Gasteiger charge is 2.41. The van der Waals surface area contributed by atoms with Gasteiger partial charge in [0, 0.05) is 12.1 Å². The van der Waals surface area contributed by atoms with Crippen molar-refractivity contribution in [3.63, 3.8) is 0 Å². The van der Waals surface area contributed by atoms with Gasteiger partial charge in [-0.05, 0) is 25.7 Å². The Bertz CT molecular complexity index is 203. The van der Waals surface area contributed by atoms with Crippen LogP contribution in [0.1, 0.15) is 27.7 Å². The van der Waals surface area contributed by atoms with E-state index in [4.69, 9.17) is 4.74 Å². The molecule has 0 amide bonds. The third-order valence-electron chi connectivity index (χ3n) is 3.71. The van der Waals surface area contributed by atoms with Crippen LogP contribution < -0.4 is 5.32 Å². The first-order chi connectivity index (χ1) is 6.49. The molecule has 0 radical (unpaired) electrons. The van der Waals surface area contributed by atoms with Crippen molar-refractivity contribution in [1.82, 2.24) is 5.32 Å². The third kappa shape index (κ3) is 1.92. The van der Waals surface area contributed by atoms with Gasteiger partial charge in [0.25, 0.3) is 0 Å². The average molecular weight is 199 g/mol. The zero-order chi connectivity index (χ0) is 10.9. The largest absolute Gasteiger partial charge is 0.469 e. The minimum Gasteiger partial charge on any atom is -0.469 e. The predicted molar refractivity (Wildman–Crippen MR) is 55.9 cm³/mol. The number of hydrogen-bond donors (Lipinski definition) is 1. The summed E-state index contributed by atoms with van der Waals surface area (Å²) >= 11 is 0. The fraction of sp³-hybridized carbons (Fsp3) is 0.909. The van der Waals surface area contributed by atoms with E-state index in [9.17, 15) is 4.79 Å². The van der Waals surface area contributed by atoms with Gasteiger partial charge in [-0.3, -0.25) is 4.79 Å². The first-order valence-corrected chi connectivity index (χ1v) is 5.33. The molecule has 82 valence electrons. The van der Waals surface area contributed by atoms with Gasteiger partial charge in [0.15, 0.2) is 0 Å². The highest BCUT2D eigenvalue weighted by Crippen LogP contribution is 2.32. The second-order valence-electron chi connectivity index (χ2n) is 4.51. The normalized spacial score (nSPS) is 43.4. The fourth-order valence-corrected chi connectivity index (χ4v) is 2.38. The number of carbonyl (C=O) groups excluding carboxylic acids is 1. The van der Waals surface area contributed by atoms with Crippen LogP contribution in [0.2, 0.25) is 0 Å². The van der Waals surface area contributed by atoms with Crippen molar-refractivity contribution in [2.45, 2.75) is 39.8 Å². The van der Waals surface area contributed by atoms with Gasteiger partial charge in [0.1, 0.15) is 0 Å². The van der Waals surface area contributed by atoms with E-state index in [1.54, 1.807) is 0 Å². The minimum absolute atomic E-state index is 0.0336. The summed E-state index contributed by atoms with van der Waals surface area (Å²) in [5.41, 5.74) is 0. The van der Waals surface area contributed by atoms with Crippen LogP contribution in [0.5, 0.6) is 0 Å². The van der Waals surface area contributed by atoms with Crippen LogP contribution in [0.25, 0.3) is 0 Å². The van der Waals surface area contributed by atoms with Crippen molar-refractivity contribution in [3.05, 3.63) is 0 Å². The van der Waals surface area contributed by atoms with E-state index in [2.05, 4.69) is 33.0 Å². The molecule has 5 atom stereocenters. The van der Waals surface area contributed by atoms with Crippen LogP contribution in [0.3, 0.4) is 0 Å². The highest BCUT2D eigenvalue weighted by molar-refractivity contribution is 5.73. The lowest BCUT2D eigenvalue weighted by Gasteiger charge is -2.42. The van der Waals surface area contributed by atoms with Crippen LogP contribution in [-0.4, -0.2) is 25.2 Å². The maximum Gasteiger partial charge on any atom is 0.309 e. The van der Waals surface area contributed by atoms with Crippen molar-refractivity contribution in [1.29, 1.82) is 0 Å². The van der Waals surface area contributed by atoms with Crippen molar-refractivity contribution < 1.29 is 9.53 Å². The molecule has 1 N–H and O–H groups in total. The molecule has 1 rings (SSSR count). The molecule has 14 heavy (non-hydrogen) atoms. The molecule has 1 heterocycles. The average Bonchev–Trinajstić information content (AvgIpc) is 2.15. The number of carbonyl (C=O) groups is 1. The van der Waals surface area contributed by atoms with Gasteiger partial charge >= 0.3 is 5.97 Å². The third-order valence-corrected chi connectivity index (χ3v) is 3.71. The lowest BCUT2D eigenvalue weighted by atomic mass is 9.73. The molecule has 1 saturated heterocycles. The van der Waals surface area contributed by atoms with E-state index in [1.165, 1.54) is 7.11 Å².